The molecule has 2 aromatic rings. The number of hydrogen-bond acceptors (Lipinski definition) is 5. The zero-order valence-electron chi connectivity index (χ0n) is 15.5. The van der Waals surface area contributed by atoms with Crippen molar-refractivity contribution in [1.29, 1.82) is 0 Å². The summed E-state index contributed by atoms with van der Waals surface area (Å²) in [6, 6.07) is 12.4. The summed E-state index contributed by atoms with van der Waals surface area (Å²) in [6.45, 7) is 4.06. The number of benzene rings is 2. The smallest absolute Gasteiger partial charge is 0.293 e. The van der Waals surface area contributed by atoms with E-state index in [2.05, 4.69) is 12.1 Å². The first kappa shape index (κ1) is 19.9. The number of aryl methyl sites for hydroxylation is 1. The third kappa shape index (κ3) is 4.60. The molecule has 0 aliphatic rings. The van der Waals surface area contributed by atoms with E-state index in [4.69, 9.17) is 0 Å². The zero-order valence-corrected chi connectivity index (χ0v) is 16.3. The minimum atomic E-state index is -3.50. The Morgan fingerprint density at radius 3 is 2.27 bits per heavy atom. The zero-order chi connectivity index (χ0) is 19.5. The summed E-state index contributed by atoms with van der Waals surface area (Å²) in [5, 5.41) is 11.5. The number of anilines is 1. The average Bonchev–Trinajstić information content (AvgIpc) is 2.59. The van der Waals surface area contributed by atoms with Crippen LogP contribution in [0, 0.1) is 17.0 Å². The standard InChI is InChI=1S/C19H24N2O4S/c1-5-16(12-15-8-6-14(2)7-9-15)20(3)18-11-10-17(26(4,24)25)13-19(18)21(22)23/h6-11,13,16H,5,12H2,1-4H3. The van der Waals surface area contributed by atoms with E-state index >= 15 is 0 Å². The van der Waals surface area contributed by atoms with E-state index in [9.17, 15) is 18.5 Å². The molecule has 0 fully saturated rings. The Bertz CT molecular complexity index is 892. The Morgan fingerprint density at radius 2 is 1.77 bits per heavy atom. The van der Waals surface area contributed by atoms with Gasteiger partial charge in [0.25, 0.3) is 5.69 Å². The lowest BCUT2D eigenvalue weighted by atomic mass is 10.0. The lowest BCUT2D eigenvalue weighted by molar-refractivity contribution is -0.384. The lowest BCUT2D eigenvalue weighted by Crippen LogP contribution is -2.33. The van der Waals surface area contributed by atoms with Crippen molar-refractivity contribution in [3.63, 3.8) is 0 Å². The molecular formula is C19H24N2O4S. The number of likely N-dealkylation sites (N-methyl/N-ethyl adjacent to an activating group) is 1. The second kappa shape index (κ2) is 7.86. The Morgan fingerprint density at radius 1 is 1.15 bits per heavy atom. The molecule has 0 amide bonds. The van der Waals surface area contributed by atoms with E-state index < -0.39 is 14.8 Å². The summed E-state index contributed by atoms with van der Waals surface area (Å²) in [5.74, 6) is 0. The van der Waals surface area contributed by atoms with E-state index in [1.54, 1.807) is 0 Å². The van der Waals surface area contributed by atoms with Crippen molar-refractivity contribution in [3.05, 3.63) is 63.7 Å². The number of nitrogens with zero attached hydrogens (tertiary/aromatic N) is 2. The molecule has 7 heteroatoms. The molecule has 0 bridgehead atoms. The van der Waals surface area contributed by atoms with Gasteiger partial charge in [0.15, 0.2) is 9.84 Å². The summed E-state index contributed by atoms with van der Waals surface area (Å²) in [4.78, 5) is 12.8. The van der Waals surface area contributed by atoms with Gasteiger partial charge in [-0.15, -0.1) is 0 Å². The van der Waals surface area contributed by atoms with E-state index in [0.29, 0.717) is 5.69 Å². The van der Waals surface area contributed by atoms with Crippen molar-refractivity contribution in [2.24, 2.45) is 0 Å². The molecule has 0 radical (unpaired) electrons. The van der Waals surface area contributed by atoms with Crippen molar-refractivity contribution in [2.45, 2.75) is 37.6 Å². The monoisotopic (exact) mass is 376 g/mol. The molecule has 26 heavy (non-hydrogen) atoms. The van der Waals surface area contributed by atoms with Crippen LogP contribution < -0.4 is 4.90 Å². The minimum Gasteiger partial charge on any atom is -0.366 e. The summed E-state index contributed by atoms with van der Waals surface area (Å²) >= 11 is 0. The van der Waals surface area contributed by atoms with Gasteiger partial charge >= 0.3 is 0 Å². The molecule has 0 aliphatic heterocycles. The fourth-order valence-corrected chi connectivity index (χ4v) is 3.57. The Kier molecular flexibility index (Phi) is 6.02. The lowest BCUT2D eigenvalue weighted by Gasteiger charge is -2.29. The van der Waals surface area contributed by atoms with Crippen LogP contribution in [0.2, 0.25) is 0 Å². The maximum atomic E-state index is 11.7. The van der Waals surface area contributed by atoms with Gasteiger partial charge in [-0.25, -0.2) is 8.42 Å². The number of nitro groups is 1. The molecule has 1 unspecified atom stereocenters. The second-order valence-electron chi connectivity index (χ2n) is 6.54. The number of hydrogen-bond donors (Lipinski definition) is 0. The van der Waals surface area contributed by atoms with Gasteiger partial charge in [0, 0.05) is 25.4 Å². The van der Waals surface area contributed by atoms with Gasteiger partial charge in [-0.3, -0.25) is 10.1 Å². The van der Waals surface area contributed by atoms with E-state index in [0.717, 1.165) is 30.7 Å². The topological polar surface area (TPSA) is 80.5 Å². The Balaban J connectivity index is 2.37. The van der Waals surface area contributed by atoms with E-state index in [-0.39, 0.29) is 16.6 Å². The maximum absolute atomic E-state index is 11.7. The van der Waals surface area contributed by atoms with Gasteiger partial charge in [-0.05, 0) is 37.5 Å². The van der Waals surface area contributed by atoms with Crippen molar-refractivity contribution >= 4 is 21.2 Å². The molecule has 2 rings (SSSR count). The van der Waals surface area contributed by atoms with Gasteiger partial charge < -0.3 is 4.90 Å². The van der Waals surface area contributed by atoms with Gasteiger partial charge in [0.05, 0.1) is 9.82 Å². The van der Waals surface area contributed by atoms with Crippen molar-refractivity contribution in [1.82, 2.24) is 0 Å². The van der Waals surface area contributed by atoms with Gasteiger partial charge in [0.2, 0.25) is 0 Å². The molecule has 0 N–H and O–H groups in total. The highest BCUT2D eigenvalue weighted by molar-refractivity contribution is 7.90. The molecule has 6 nitrogen and oxygen atoms in total. The summed E-state index contributed by atoms with van der Waals surface area (Å²) in [5.41, 5.74) is 2.56. The predicted octanol–water partition coefficient (Wildman–Crippen LogP) is 3.76. The summed E-state index contributed by atoms with van der Waals surface area (Å²) in [6.07, 6.45) is 2.59. The summed E-state index contributed by atoms with van der Waals surface area (Å²) in [7, 11) is -1.69. The van der Waals surface area contributed by atoms with Crippen LogP contribution in [0.25, 0.3) is 0 Å². The molecule has 0 saturated carbocycles. The van der Waals surface area contributed by atoms with Crippen LogP contribution in [0.5, 0.6) is 0 Å². The van der Waals surface area contributed by atoms with Gasteiger partial charge in [-0.1, -0.05) is 36.8 Å². The first-order valence-corrected chi connectivity index (χ1v) is 10.3. The molecule has 0 heterocycles. The largest absolute Gasteiger partial charge is 0.366 e. The van der Waals surface area contributed by atoms with Crippen LogP contribution in [0.4, 0.5) is 11.4 Å². The first-order chi connectivity index (χ1) is 12.1. The molecule has 0 saturated heterocycles. The van der Waals surface area contributed by atoms with Crippen LogP contribution in [0.15, 0.2) is 47.4 Å². The number of nitro benzene ring substituents is 1. The third-order valence-electron chi connectivity index (χ3n) is 4.56. The highest BCUT2D eigenvalue weighted by Gasteiger charge is 2.24. The normalized spacial score (nSPS) is 12.6. The highest BCUT2D eigenvalue weighted by Crippen LogP contribution is 2.32. The van der Waals surface area contributed by atoms with Crippen molar-refractivity contribution in [2.75, 3.05) is 18.2 Å². The minimum absolute atomic E-state index is 0.0482. The van der Waals surface area contributed by atoms with Crippen LogP contribution in [-0.2, 0) is 16.3 Å². The van der Waals surface area contributed by atoms with Gasteiger partial charge in [0.1, 0.15) is 5.69 Å². The average molecular weight is 376 g/mol. The van der Waals surface area contributed by atoms with Crippen LogP contribution in [0.1, 0.15) is 24.5 Å². The van der Waals surface area contributed by atoms with E-state index in [1.807, 2.05) is 37.9 Å². The molecular weight excluding hydrogens is 352 g/mol. The van der Waals surface area contributed by atoms with Crippen molar-refractivity contribution < 1.29 is 13.3 Å². The molecule has 0 spiro atoms. The Hall–Kier alpha value is -2.41. The molecule has 2 aromatic carbocycles. The van der Waals surface area contributed by atoms with Crippen LogP contribution in [0.3, 0.4) is 0 Å². The maximum Gasteiger partial charge on any atom is 0.293 e. The fraction of sp³-hybridized carbons (Fsp3) is 0.368. The molecule has 0 aliphatic carbocycles. The molecule has 140 valence electrons. The third-order valence-corrected chi connectivity index (χ3v) is 5.67. The van der Waals surface area contributed by atoms with Crippen molar-refractivity contribution in [3.8, 4) is 0 Å². The summed E-state index contributed by atoms with van der Waals surface area (Å²) < 4.78 is 23.4. The highest BCUT2D eigenvalue weighted by atomic mass is 32.2. The SMILES string of the molecule is CCC(Cc1ccc(C)cc1)N(C)c1ccc(S(C)(=O)=O)cc1[N+](=O)[O-]. The first-order valence-electron chi connectivity index (χ1n) is 8.40. The number of rotatable bonds is 7. The van der Waals surface area contributed by atoms with Gasteiger partial charge in [-0.2, -0.15) is 0 Å². The molecule has 0 aromatic heterocycles. The van der Waals surface area contributed by atoms with E-state index in [1.165, 1.54) is 17.7 Å². The Labute approximate surface area is 154 Å². The van der Waals surface area contributed by atoms with Crippen LogP contribution >= 0.6 is 0 Å². The fourth-order valence-electron chi connectivity index (χ4n) is 2.93. The quantitative estimate of drug-likeness (QED) is 0.543. The predicted molar refractivity (Wildman–Crippen MR) is 104 cm³/mol. The van der Waals surface area contributed by atoms with Crippen LogP contribution in [-0.4, -0.2) is 32.7 Å². The molecule has 1 atom stereocenters. The number of sulfone groups is 1. The second-order valence-corrected chi connectivity index (χ2v) is 8.56.